The first-order valence-corrected chi connectivity index (χ1v) is 3.64. The van der Waals surface area contributed by atoms with E-state index in [-0.39, 0.29) is 41.9 Å². The molecule has 9 nitrogen and oxygen atoms in total. The molecule has 0 aromatic rings. The normalized spacial score (nSPS) is 10.0. The fourth-order valence-electron chi connectivity index (χ4n) is 0. The van der Waals surface area contributed by atoms with E-state index in [4.69, 9.17) is 30.8 Å². The Balaban J connectivity index is -0.0000000221. The van der Waals surface area contributed by atoms with E-state index in [1.807, 2.05) is 0 Å². The van der Waals surface area contributed by atoms with Gasteiger partial charge in [0.15, 0.2) is 0 Å². The molecule has 0 saturated heterocycles. The van der Waals surface area contributed by atoms with Crippen molar-refractivity contribution in [3.05, 3.63) is 0 Å². The molecule has 0 aliphatic rings. The van der Waals surface area contributed by atoms with Crippen LogP contribution in [0.1, 0.15) is 0 Å². The van der Waals surface area contributed by atoms with Crippen molar-refractivity contribution in [1.29, 1.82) is 0 Å². The van der Waals surface area contributed by atoms with Gasteiger partial charge in [0.2, 0.25) is 0 Å². The van der Waals surface area contributed by atoms with Crippen LogP contribution in [-0.2, 0) is 21.8 Å². The van der Waals surface area contributed by atoms with Crippen LogP contribution in [0.2, 0.25) is 0 Å². The van der Waals surface area contributed by atoms with Gasteiger partial charge in [-0.1, -0.05) is 0 Å². The zero-order chi connectivity index (χ0) is 8.08. The van der Waals surface area contributed by atoms with Gasteiger partial charge in [-0.25, -0.2) is 4.21 Å². The topological polar surface area (TPSA) is 205 Å². The largest absolute Gasteiger partial charge is 1.00 e. The Bertz CT molecular complexity index is 162. The van der Waals surface area contributed by atoms with E-state index in [0.717, 1.165) is 0 Å². The first kappa shape index (κ1) is 29.3. The Morgan fingerprint density at radius 2 is 1.17 bits per heavy atom. The van der Waals surface area contributed by atoms with Crippen molar-refractivity contribution in [3.8, 4) is 0 Å². The summed E-state index contributed by atoms with van der Waals surface area (Å²) in [6.45, 7) is 0. The van der Waals surface area contributed by atoms with Gasteiger partial charge >= 0.3 is 40.0 Å². The van der Waals surface area contributed by atoms with Crippen LogP contribution in [0.3, 0.4) is 0 Å². The number of hydrogen-bond acceptors (Lipinski definition) is 6. The standard InChI is InChI=1S/2H3N.Na.H2O4S.H2O3S/c;;;1-5(2,3)4;1-4(2)3/h2*1H3;;(H2,1,2,3,4);(H2,1,2,3)/q;;+1;;/p-1. The molecule has 0 heterocycles. The van der Waals surface area contributed by atoms with Crippen LogP contribution in [0.25, 0.3) is 0 Å². The molecule has 1 atom stereocenters. The van der Waals surface area contributed by atoms with Gasteiger partial charge in [-0.2, -0.15) is 8.42 Å². The molecular formula is H9N2NaO7S2. The molecule has 0 aromatic carbocycles. The molecule has 12 heavy (non-hydrogen) atoms. The minimum atomic E-state index is -4.67. The molecule has 0 aromatic heterocycles. The van der Waals surface area contributed by atoms with Crippen LogP contribution in [0, 0.1) is 0 Å². The van der Waals surface area contributed by atoms with Crippen molar-refractivity contribution in [1.82, 2.24) is 12.3 Å². The van der Waals surface area contributed by atoms with Gasteiger partial charge in [-0.05, 0) is 0 Å². The van der Waals surface area contributed by atoms with Gasteiger partial charge in [-0.3, -0.25) is 9.11 Å². The summed E-state index contributed by atoms with van der Waals surface area (Å²) in [5.74, 6) is 0. The Kier molecular flexibility index (Phi) is 35.1. The summed E-state index contributed by atoms with van der Waals surface area (Å²) in [4.78, 5) is 0. The van der Waals surface area contributed by atoms with Crippen LogP contribution < -0.4 is 41.9 Å². The van der Waals surface area contributed by atoms with E-state index in [2.05, 4.69) is 0 Å². The third-order valence-electron chi connectivity index (χ3n) is 0. The maximum absolute atomic E-state index is 8.74. The number of rotatable bonds is 0. The molecule has 12 heteroatoms. The average Bonchev–Trinajstić information content (AvgIpc) is 1.19. The summed E-state index contributed by atoms with van der Waals surface area (Å²) < 4.78 is 55.7. The molecule has 74 valence electrons. The van der Waals surface area contributed by atoms with E-state index in [0.29, 0.717) is 0 Å². The average molecular weight is 236 g/mol. The maximum atomic E-state index is 8.74. The van der Waals surface area contributed by atoms with Crippen LogP contribution in [0.5, 0.6) is 0 Å². The van der Waals surface area contributed by atoms with Crippen LogP contribution in [0.4, 0.5) is 0 Å². The molecule has 0 amide bonds. The van der Waals surface area contributed by atoms with Crippen LogP contribution in [0.15, 0.2) is 0 Å². The molecule has 0 bridgehead atoms. The third kappa shape index (κ3) is 1430. The van der Waals surface area contributed by atoms with Crippen molar-refractivity contribution in [2.45, 2.75) is 0 Å². The van der Waals surface area contributed by atoms with Crippen molar-refractivity contribution in [2.75, 3.05) is 0 Å². The molecule has 9 N–H and O–H groups in total. The second-order valence-electron chi connectivity index (χ2n) is 0.665. The van der Waals surface area contributed by atoms with Crippen LogP contribution in [-0.4, -0.2) is 30.8 Å². The Morgan fingerprint density at radius 1 is 1.17 bits per heavy atom. The maximum Gasteiger partial charge on any atom is 1.00 e. The van der Waals surface area contributed by atoms with Gasteiger partial charge < -0.3 is 21.4 Å². The first-order chi connectivity index (χ1) is 3.73. The Morgan fingerprint density at radius 3 is 1.17 bits per heavy atom. The Labute approximate surface area is 94.1 Å². The summed E-state index contributed by atoms with van der Waals surface area (Å²) in [5, 5.41) is 0. The summed E-state index contributed by atoms with van der Waals surface area (Å²) >= 11 is -2.86. The Hall–Kier alpha value is 0.860. The summed E-state index contributed by atoms with van der Waals surface area (Å²) in [6, 6.07) is 0. The van der Waals surface area contributed by atoms with E-state index in [1.165, 1.54) is 0 Å². The SMILES string of the molecule is N.N.O=S(=O)(O)O.O=S([O-])O.[Na+]. The minimum absolute atomic E-state index is 0. The monoisotopic (exact) mass is 236 g/mol. The van der Waals surface area contributed by atoms with E-state index in [9.17, 15) is 0 Å². The fourth-order valence-corrected chi connectivity index (χ4v) is 0. The second-order valence-corrected chi connectivity index (χ2v) is 1.99. The zero-order valence-corrected chi connectivity index (χ0v) is 9.84. The predicted molar refractivity (Wildman–Crippen MR) is 35.8 cm³/mol. The molecule has 0 aliphatic heterocycles. The zero-order valence-electron chi connectivity index (χ0n) is 6.21. The predicted octanol–water partition coefficient (Wildman–Crippen LogP) is -3.99. The third-order valence-corrected chi connectivity index (χ3v) is 0. The molecule has 1 unspecified atom stereocenters. The molecule has 0 radical (unpaired) electrons. The second kappa shape index (κ2) is 14.4. The van der Waals surface area contributed by atoms with Crippen molar-refractivity contribution < 1.29 is 60.4 Å². The summed E-state index contributed by atoms with van der Waals surface area (Å²) in [6.07, 6.45) is 0. The van der Waals surface area contributed by atoms with Crippen molar-refractivity contribution in [2.24, 2.45) is 0 Å². The molecular weight excluding hydrogens is 227 g/mol. The van der Waals surface area contributed by atoms with Crippen molar-refractivity contribution in [3.63, 3.8) is 0 Å². The summed E-state index contributed by atoms with van der Waals surface area (Å²) in [7, 11) is -4.67. The van der Waals surface area contributed by atoms with Gasteiger partial charge in [0.05, 0.1) is 11.4 Å². The van der Waals surface area contributed by atoms with E-state index in [1.54, 1.807) is 0 Å². The van der Waals surface area contributed by atoms with E-state index >= 15 is 0 Å². The smallest absolute Gasteiger partial charge is 0.750 e. The molecule has 0 rings (SSSR count). The van der Waals surface area contributed by atoms with Crippen LogP contribution >= 0.6 is 0 Å². The van der Waals surface area contributed by atoms with Gasteiger partial charge in [-0.15, -0.1) is 0 Å². The van der Waals surface area contributed by atoms with Gasteiger partial charge in [0.1, 0.15) is 0 Å². The van der Waals surface area contributed by atoms with Crippen molar-refractivity contribution >= 4 is 21.8 Å². The first-order valence-electron chi connectivity index (χ1n) is 1.21. The molecule has 0 aliphatic carbocycles. The molecule has 0 spiro atoms. The molecule has 0 fully saturated rings. The minimum Gasteiger partial charge on any atom is -0.750 e. The number of hydrogen-bond donors (Lipinski definition) is 5. The fraction of sp³-hybridized carbons (Fsp3) is 0. The quantitative estimate of drug-likeness (QED) is 0.157. The summed E-state index contributed by atoms with van der Waals surface area (Å²) in [5.41, 5.74) is 0. The van der Waals surface area contributed by atoms with Gasteiger partial charge in [0.25, 0.3) is 0 Å². The van der Waals surface area contributed by atoms with Gasteiger partial charge in [0, 0.05) is 0 Å². The van der Waals surface area contributed by atoms with E-state index < -0.39 is 21.8 Å². The molecule has 0 saturated carbocycles.